The molecule has 2 atom stereocenters. The maximum absolute atomic E-state index is 11.6. The third-order valence-electron chi connectivity index (χ3n) is 6.89. The van der Waals surface area contributed by atoms with Crippen LogP contribution in [0, 0.1) is 0 Å². The summed E-state index contributed by atoms with van der Waals surface area (Å²) in [5, 5.41) is 9.72. The van der Waals surface area contributed by atoms with E-state index in [4.69, 9.17) is 11.6 Å². The molecule has 3 aliphatic rings. The second kappa shape index (κ2) is 8.28. The number of aromatic nitrogens is 2. The van der Waals surface area contributed by atoms with Crippen molar-refractivity contribution in [1.29, 1.82) is 0 Å². The molecule has 32 heavy (non-hydrogen) atoms. The number of piperazine rings is 1. The lowest BCUT2D eigenvalue weighted by atomic mass is 9.95. The molecule has 5 rings (SSSR count). The van der Waals surface area contributed by atoms with Crippen molar-refractivity contribution >= 4 is 35.3 Å². The third kappa shape index (κ3) is 3.68. The number of carboxylic acid groups (broad SMARTS) is 1. The number of rotatable bonds is 2. The number of aryl methyl sites for hydroxylation is 1. The van der Waals surface area contributed by atoms with Crippen molar-refractivity contribution < 1.29 is 9.90 Å². The van der Waals surface area contributed by atoms with Crippen LogP contribution in [0.2, 0.25) is 5.28 Å². The Labute approximate surface area is 193 Å². The molecule has 1 amide bonds. The molecule has 7 nitrogen and oxygen atoms in total. The number of amides is 1. The highest BCUT2D eigenvalue weighted by Gasteiger charge is 2.35. The van der Waals surface area contributed by atoms with E-state index in [1.165, 1.54) is 21.8 Å². The van der Waals surface area contributed by atoms with Gasteiger partial charge in [-0.25, -0.2) is 14.8 Å². The number of hydrogen-bond donors (Lipinski definition) is 1. The van der Waals surface area contributed by atoms with E-state index in [1.807, 2.05) is 13.8 Å². The number of para-hydroxylation sites is 1. The average Bonchev–Trinajstić information content (AvgIpc) is 2.78. The molecule has 1 aliphatic carbocycles. The number of allylic oxidation sites excluding steroid dienone is 1. The van der Waals surface area contributed by atoms with Crippen LogP contribution in [0.5, 0.6) is 0 Å². The minimum atomic E-state index is -0.874. The molecule has 0 spiro atoms. The van der Waals surface area contributed by atoms with Crippen molar-refractivity contribution in [2.75, 3.05) is 29.4 Å². The maximum atomic E-state index is 11.6. The first kappa shape index (κ1) is 21.1. The van der Waals surface area contributed by atoms with E-state index in [9.17, 15) is 9.90 Å². The van der Waals surface area contributed by atoms with Gasteiger partial charge in [-0.2, -0.15) is 0 Å². The highest BCUT2D eigenvalue weighted by molar-refractivity contribution is 6.28. The number of anilines is 2. The molecule has 168 valence electrons. The molecule has 1 aromatic heterocycles. The molecule has 1 N–H and O–H groups in total. The van der Waals surface area contributed by atoms with Gasteiger partial charge in [-0.15, -0.1) is 0 Å². The Bertz CT molecular complexity index is 1090. The number of carbonyl (C=O) groups is 1. The number of fused-ring (bicyclic) bond motifs is 2. The molecule has 1 fully saturated rings. The van der Waals surface area contributed by atoms with Gasteiger partial charge >= 0.3 is 6.09 Å². The van der Waals surface area contributed by atoms with Gasteiger partial charge in [0.2, 0.25) is 5.28 Å². The molecule has 0 radical (unpaired) electrons. The topological polar surface area (TPSA) is 72.8 Å². The lowest BCUT2D eigenvalue weighted by Crippen LogP contribution is -2.58. The van der Waals surface area contributed by atoms with Gasteiger partial charge in [-0.1, -0.05) is 18.2 Å². The fourth-order valence-electron chi connectivity index (χ4n) is 5.27. The summed E-state index contributed by atoms with van der Waals surface area (Å²) in [5.41, 5.74) is 5.94. The van der Waals surface area contributed by atoms with E-state index in [0.717, 1.165) is 49.3 Å². The normalized spacial score (nSPS) is 22.8. The minimum absolute atomic E-state index is 0.0108. The molecule has 0 bridgehead atoms. The van der Waals surface area contributed by atoms with E-state index in [2.05, 4.69) is 50.1 Å². The number of hydrogen-bond acceptors (Lipinski definition) is 5. The second-order valence-electron chi connectivity index (χ2n) is 8.98. The second-order valence-corrected chi connectivity index (χ2v) is 9.32. The van der Waals surface area contributed by atoms with Crippen molar-refractivity contribution in [3.05, 3.63) is 52.1 Å². The predicted molar refractivity (Wildman–Crippen MR) is 126 cm³/mol. The van der Waals surface area contributed by atoms with E-state index in [0.29, 0.717) is 13.1 Å². The van der Waals surface area contributed by atoms with Gasteiger partial charge in [0.1, 0.15) is 5.82 Å². The zero-order chi connectivity index (χ0) is 22.4. The van der Waals surface area contributed by atoms with Crippen molar-refractivity contribution in [3.8, 4) is 0 Å². The minimum Gasteiger partial charge on any atom is -0.465 e. The molecular weight excluding hydrogens is 426 g/mol. The standard InChI is InChI=1S/C24H28ClN5O2/c1-15-14-30(24(31)32)16(2)13-29(15)22-19-10-9-18(12-20(19)26-23(25)27-22)28-11-5-7-17-6-3-4-8-21(17)28/h3-4,6,8,12,15-16H,5,7,9-11,13-14H2,1-2H3,(H,31,32)/t15-,16+/m0/s1. The summed E-state index contributed by atoms with van der Waals surface area (Å²) in [7, 11) is 0. The highest BCUT2D eigenvalue weighted by atomic mass is 35.5. The van der Waals surface area contributed by atoms with E-state index in [-0.39, 0.29) is 17.4 Å². The lowest BCUT2D eigenvalue weighted by molar-refractivity contribution is 0.114. The van der Waals surface area contributed by atoms with E-state index >= 15 is 0 Å². The monoisotopic (exact) mass is 453 g/mol. The summed E-state index contributed by atoms with van der Waals surface area (Å²) in [6, 6.07) is 8.52. The molecule has 0 saturated carbocycles. The summed E-state index contributed by atoms with van der Waals surface area (Å²) in [4.78, 5) is 26.9. The van der Waals surface area contributed by atoms with Crippen LogP contribution >= 0.6 is 11.6 Å². The van der Waals surface area contributed by atoms with E-state index < -0.39 is 6.09 Å². The SMILES string of the molecule is C[C@@H]1CN(c2nc(Cl)nc3c2CCC(N2CCCc4ccccc42)=C3)[C@@H](C)CN1C(=O)O. The highest BCUT2D eigenvalue weighted by Crippen LogP contribution is 2.37. The van der Waals surface area contributed by atoms with Gasteiger partial charge in [0.25, 0.3) is 0 Å². The molecule has 8 heteroatoms. The summed E-state index contributed by atoms with van der Waals surface area (Å²) in [6.07, 6.45) is 5.30. The first-order chi connectivity index (χ1) is 15.4. The van der Waals surface area contributed by atoms with Crippen LogP contribution in [0.15, 0.2) is 30.0 Å². The molecule has 1 saturated heterocycles. The fraction of sp³-hybridized carbons (Fsp3) is 0.458. The van der Waals surface area contributed by atoms with E-state index in [1.54, 1.807) is 0 Å². The van der Waals surface area contributed by atoms with Crippen LogP contribution in [0.25, 0.3) is 6.08 Å². The van der Waals surface area contributed by atoms with Crippen molar-refractivity contribution in [2.45, 2.75) is 51.6 Å². The quantitative estimate of drug-likeness (QED) is 0.677. The van der Waals surface area contributed by atoms with Gasteiger partial charge in [-0.3, -0.25) is 0 Å². The lowest BCUT2D eigenvalue weighted by Gasteiger charge is -2.44. The fourth-order valence-corrected chi connectivity index (χ4v) is 5.45. The smallest absolute Gasteiger partial charge is 0.407 e. The van der Waals surface area contributed by atoms with Gasteiger partial charge in [-0.05, 0) is 68.8 Å². The molecule has 3 heterocycles. The Morgan fingerprint density at radius 2 is 1.91 bits per heavy atom. The van der Waals surface area contributed by atoms with Gasteiger partial charge in [0.15, 0.2) is 0 Å². The Balaban J connectivity index is 1.49. The molecular formula is C24H28ClN5O2. The van der Waals surface area contributed by atoms with Crippen LogP contribution in [-0.4, -0.2) is 57.8 Å². The van der Waals surface area contributed by atoms with Crippen molar-refractivity contribution in [3.63, 3.8) is 0 Å². The average molecular weight is 454 g/mol. The largest absolute Gasteiger partial charge is 0.465 e. The summed E-state index contributed by atoms with van der Waals surface area (Å²) >= 11 is 6.38. The zero-order valence-electron chi connectivity index (χ0n) is 18.5. The van der Waals surface area contributed by atoms with Crippen LogP contribution in [-0.2, 0) is 12.8 Å². The summed E-state index contributed by atoms with van der Waals surface area (Å²) in [6.45, 7) is 6.02. The van der Waals surface area contributed by atoms with Crippen LogP contribution in [0.3, 0.4) is 0 Å². The van der Waals surface area contributed by atoms with Crippen LogP contribution < -0.4 is 9.80 Å². The molecule has 2 aromatic rings. The number of benzene rings is 1. The zero-order valence-corrected chi connectivity index (χ0v) is 19.2. The molecule has 1 aromatic carbocycles. The third-order valence-corrected chi connectivity index (χ3v) is 7.05. The maximum Gasteiger partial charge on any atom is 0.407 e. The van der Waals surface area contributed by atoms with Crippen molar-refractivity contribution in [2.24, 2.45) is 0 Å². The number of halogens is 1. The van der Waals surface area contributed by atoms with Gasteiger partial charge < -0.3 is 19.8 Å². The summed E-state index contributed by atoms with van der Waals surface area (Å²) in [5.74, 6) is 0.846. The van der Waals surface area contributed by atoms with Crippen molar-refractivity contribution in [1.82, 2.24) is 14.9 Å². The van der Waals surface area contributed by atoms with Crippen LogP contribution in [0.1, 0.15) is 43.5 Å². The van der Waals surface area contributed by atoms with Crippen LogP contribution in [0.4, 0.5) is 16.3 Å². The first-order valence-electron chi connectivity index (χ1n) is 11.3. The molecule has 2 aliphatic heterocycles. The predicted octanol–water partition coefficient (Wildman–Crippen LogP) is 4.45. The first-order valence-corrected chi connectivity index (χ1v) is 11.7. The van der Waals surface area contributed by atoms with Gasteiger partial charge in [0.05, 0.1) is 5.69 Å². The Kier molecular flexibility index (Phi) is 5.45. The van der Waals surface area contributed by atoms with Gasteiger partial charge in [0, 0.05) is 48.7 Å². The number of nitrogens with zero attached hydrogens (tertiary/aromatic N) is 5. The Morgan fingerprint density at radius 1 is 1.09 bits per heavy atom. The molecule has 0 unspecified atom stereocenters. The Morgan fingerprint density at radius 3 is 2.72 bits per heavy atom. The summed E-state index contributed by atoms with van der Waals surface area (Å²) < 4.78 is 0. The Hall–Kier alpha value is -2.80.